The van der Waals surface area contributed by atoms with Gasteiger partial charge in [0.2, 0.25) is 58.4 Å². The molecular weight excluding hydrogens is 1670 g/mol. The number of esters is 9. The Balaban J connectivity index is 1.05. The summed E-state index contributed by atoms with van der Waals surface area (Å²) in [4.78, 5) is 135. The van der Waals surface area contributed by atoms with Gasteiger partial charge in [-0.05, 0) is 48.5 Å². The van der Waals surface area contributed by atoms with Crippen molar-refractivity contribution in [3.05, 3.63) is 123 Å². The SMILES string of the molecule is O=C(OC[C@H]1O[C@H]2OC(=O)c3cc4c(O)c(O)c3-c3c(cc(O)c(O)c3O)C(=O)O[C@H]2[C@@H](OC(=O)c2cc(O)c(O)c(O)c2)[C@H]1OC(=O)c1cc(O)c(O)c(O)c1Oc1cc2c(c(O)c1O)-c1c(cc(O)c(O)c1O)C(=O)OC[C@@H]1O[C@H](O)[C@H](OC(=O)c3cc(O)c(O)c(O)c3O4)[C@H](OC(=O)c3cc(O)c(O)c(O)c3)[C@@H]1OC2=O)c1cc(O)c(O)c(O)c1. The van der Waals surface area contributed by atoms with E-state index in [2.05, 4.69) is 0 Å². The van der Waals surface area contributed by atoms with Gasteiger partial charge < -0.3 is 194 Å². The molecule has 48 heteroatoms. The Hall–Kier alpha value is -17.3. The van der Waals surface area contributed by atoms with Crippen LogP contribution >= 0.6 is 0 Å². The first-order valence-electron chi connectivity index (χ1n) is 34.2. The number of ether oxygens (including phenoxy) is 13. The summed E-state index contributed by atoms with van der Waals surface area (Å²) in [6.07, 6.45) is -29.0. The summed E-state index contributed by atoms with van der Waals surface area (Å²) in [5, 5.41) is 291. The molecule has 0 radical (unpaired) electrons. The molecule has 0 amide bonds. The van der Waals surface area contributed by atoms with Crippen LogP contribution in [-0.4, -0.2) is 261 Å². The van der Waals surface area contributed by atoms with Crippen molar-refractivity contribution in [2.75, 3.05) is 13.2 Å². The molecule has 9 aromatic rings. The number of fused-ring (bicyclic) bond motifs is 7. The maximum absolute atomic E-state index is 15.7. The third kappa shape index (κ3) is 14.0. The number of carbonyl (C=O) groups excluding carboxylic acids is 9. The van der Waals surface area contributed by atoms with Crippen molar-refractivity contribution in [1.29, 1.82) is 0 Å². The van der Waals surface area contributed by atoms with Crippen LogP contribution in [0.4, 0.5) is 0 Å². The lowest BCUT2D eigenvalue weighted by molar-refractivity contribution is -0.284. The Kier molecular flexibility index (Phi) is 20.3. The van der Waals surface area contributed by atoms with Crippen LogP contribution in [0.25, 0.3) is 22.3 Å². The van der Waals surface area contributed by atoms with Gasteiger partial charge >= 0.3 is 53.7 Å². The zero-order valence-electron chi connectivity index (χ0n) is 60.2. The van der Waals surface area contributed by atoms with Gasteiger partial charge in [-0.1, -0.05) is 0 Å². The highest BCUT2D eigenvalue weighted by Gasteiger charge is 2.58. The average molecular weight is 1720 g/mol. The van der Waals surface area contributed by atoms with Crippen LogP contribution in [0.2, 0.25) is 0 Å². The number of aliphatic hydroxyl groups is 1. The van der Waals surface area contributed by atoms with Crippen molar-refractivity contribution in [2.24, 2.45) is 0 Å². The lowest BCUT2D eigenvalue weighted by Gasteiger charge is -2.44. The molecule has 123 heavy (non-hydrogen) atoms. The van der Waals surface area contributed by atoms with Crippen LogP contribution in [0.1, 0.15) is 93.2 Å². The molecule has 15 rings (SSSR count). The largest absolute Gasteiger partial charge is 0.504 e. The normalized spacial score (nSPS) is 20.4. The summed E-state index contributed by atoms with van der Waals surface area (Å²) in [5.74, 6) is -64.4. The highest BCUT2D eigenvalue weighted by Crippen LogP contribution is 2.59. The van der Waals surface area contributed by atoms with E-state index in [1.165, 1.54) is 0 Å². The Labute approximate surface area is 675 Å². The fourth-order valence-electron chi connectivity index (χ4n) is 13.2. The molecule has 2 fully saturated rings. The highest BCUT2D eigenvalue weighted by molar-refractivity contribution is 6.11. The van der Waals surface area contributed by atoms with Gasteiger partial charge in [0.25, 0.3) is 0 Å². The van der Waals surface area contributed by atoms with Gasteiger partial charge in [-0.3, -0.25) is 0 Å². The number of rotatable bonds is 7. The molecule has 640 valence electrons. The van der Waals surface area contributed by atoms with Crippen molar-refractivity contribution < 1.29 is 237 Å². The van der Waals surface area contributed by atoms with E-state index >= 15 is 24.0 Å². The van der Waals surface area contributed by atoms with Crippen molar-refractivity contribution in [3.63, 3.8) is 0 Å². The van der Waals surface area contributed by atoms with Gasteiger partial charge in [0.05, 0.1) is 38.9 Å². The van der Waals surface area contributed by atoms with Crippen LogP contribution < -0.4 is 9.47 Å². The Morgan fingerprint density at radius 2 is 0.618 bits per heavy atom. The van der Waals surface area contributed by atoms with E-state index < -0.39 is 367 Å². The van der Waals surface area contributed by atoms with Crippen LogP contribution in [0, 0.1) is 0 Å². The second-order valence-corrected chi connectivity index (χ2v) is 26.7. The topological polar surface area (TPSA) is 800 Å². The molecule has 0 saturated carbocycles. The van der Waals surface area contributed by atoms with E-state index in [9.17, 15) is 152 Å². The van der Waals surface area contributed by atoms with Gasteiger partial charge in [0.15, 0.2) is 158 Å². The number of hydrogen-bond acceptors (Lipinski definition) is 48. The molecule has 10 atom stereocenters. The van der Waals surface area contributed by atoms with E-state index in [1.807, 2.05) is 0 Å². The minimum absolute atomic E-state index is 0.0942. The molecule has 6 heterocycles. The molecule has 26 N–H and O–H groups in total. The Bertz CT molecular complexity index is 6070. The van der Waals surface area contributed by atoms with Gasteiger partial charge in [0.1, 0.15) is 36.5 Å². The third-order valence-corrected chi connectivity index (χ3v) is 19.2. The monoisotopic (exact) mass is 1720 g/mol. The molecule has 0 unspecified atom stereocenters. The summed E-state index contributed by atoms with van der Waals surface area (Å²) >= 11 is 0. The Morgan fingerprint density at radius 3 is 1.03 bits per heavy atom. The minimum Gasteiger partial charge on any atom is -0.504 e. The molecule has 0 spiro atoms. The smallest absolute Gasteiger partial charge is 0.342 e. The summed E-state index contributed by atoms with van der Waals surface area (Å²) in [6, 6.07) is 3.41. The number of aromatic hydroxyl groups is 25. The van der Waals surface area contributed by atoms with E-state index in [0.717, 1.165) is 0 Å². The van der Waals surface area contributed by atoms with Crippen molar-refractivity contribution in [1.82, 2.24) is 0 Å². The number of hydrogen-bond donors (Lipinski definition) is 26. The van der Waals surface area contributed by atoms with E-state index in [1.54, 1.807) is 0 Å². The number of cyclic esters (lactones) is 1. The van der Waals surface area contributed by atoms with E-state index in [0.29, 0.717) is 36.4 Å². The second-order valence-electron chi connectivity index (χ2n) is 26.7. The quantitative estimate of drug-likeness (QED) is 0.0619. The molecule has 0 aromatic heterocycles. The van der Waals surface area contributed by atoms with Crippen molar-refractivity contribution >= 4 is 53.7 Å². The van der Waals surface area contributed by atoms with Gasteiger partial charge in [-0.25, -0.2) is 43.2 Å². The molecule has 6 aliphatic heterocycles. The number of phenolic OH excluding ortho intramolecular Hbond substituents is 25. The fraction of sp³-hybridized carbons (Fsp3) is 0.160. The van der Waals surface area contributed by atoms with Crippen LogP contribution in [0.5, 0.6) is 167 Å². The lowest BCUT2D eigenvalue weighted by Crippen LogP contribution is -2.63. The number of benzene rings is 9. The van der Waals surface area contributed by atoms with Crippen LogP contribution in [0.15, 0.2) is 72.8 Å². The van der Waals surface area contributed by atoms with Crippen molar-refractivity contribution in [2.45, 2.75) is 61.4 Å². The lowest BCUT2D eigenvalue weighted by atomic mass is 9.91. The molecule has 9 bridgehead atoms. The Morgan fingerprint density at radius 1 is 0.309 bits per heavy atom. The molecule has 9 aromatic carbocycles. The zero-order chi connectivity index (χ0) is 89.3. The van der Waals surface area contributed by atoms with Gasteiger partial charge in [-0.15, -0.1) is 0 Å². The second kappa shape index (κ2) is 30.3. The molecule has 48 nitrogen and oxygen atoms in total. The molecule has 2 saturated heterocycles. The molecule has 0 aliphatic carbocycles. The predicted octanol–water partition coefficient (Wildman–Crippen LogP) is 3.15. The highest BCUT2D eigenvalue weighted by atomic mass is 16.8. The molecule has 6 aliphatic rings. The van der Waals surface area contributed by atoms with E-state index in [-0.39, 0.29) is 36.4 Å². The summed E-state index contributed by atoms with van der Waals surface area (Å²) in [5.41, 5.74) is -17.7. The van der Waals surface area contributed by atoms with Gasteiger partial charge in [-0.2, -0.15) is 0 Å². The first kappa shape index (κ1) is 82.2. The van der Waals surface area contributed by atoms with Crippen LogP contribution in [-0.2, 0) is 52.1 Å². The van der Waals surface area contributed by atoms with E-state index in [4.69, 9.17) is 61.6 Å². The maximum atomic E-state index is 15.7. The van der Waals surface area contributed by atoms with Crippen LogP contribution in [0.3, 0.4) is 0 Å². The average Bonchev–Trinajstić information content (AvgIpc) is 0.743. The first-order valence-corrected chi connectivity index (χ1v) is 34.2. The number of phenols is 25. The number of aliphatic hydroxyl groups excluding tert-OH is 1. The number of carbonyl (C=O) groups is 9. The predicted molar refractivity (Wildman–Crippen MR) is 378 cm³/mol. The standard InChI is InChI=1S/C75H52O48/c76-24-1-15(2-25(77)42(24)86)65(101)111-14-37-60-62(120-67(103)17-5-28(80)44(88)29(81)6-17)64-75(116-37)123-71(107)21-12-35(50(94)54(98)41(21)39-19(69(105)122-64)8-31(83)46(90)52(39)96)114-58-23(10-33(85)48(92)56(58)100)73(109)121-63-61(119-66(102)16-3-26(78)43(87)27(79)4-16)59-36(115-74(63)110)13-112-68(104)18-7-30(82)45(89)51(95)38(18)40-20(70(106)117-59)11-34(49(93)53(40)97)113-57-22(72(108)118-60)9-32(84)47(91)55(57)99/h1-12,36-37,59-64,74-100,110H,13-14H2/t36-,37+,59+,60-,61+,62-,63+,64-,74-,75-/m0/s1. The summed E-state index contributed by atoms with van der Waals surface area (Å²) in [6.45, 7) is -3.15. The fourth-order valence-corrected chi connectivity index (χ4v) is 13.2. The zero-order valence-corrected chi connectivity index (χ0v) is 60.2. The summed E-state index contributed by atoms with van der Waals surface area (Å²) in [7, 11) is 0. The maximum Gasteiger partial charge on any atom is 0.342 e. The minimum atomic E-state index is -3.05. The summed E-state index contributed by atoms with van der Waals surface area (Å²) < 4.78 is 74.4. The third-order valence-electron chi connectivity index (χ3n) is 19.2. The first-order chi connectivity index (χ1) is 58.0. The van der Waals surface area contributed by atoms with Gasteiger partial charge in [0, 0.05) is 46.5 Å². The molecular formula is C75H52O48. The van der Waals surface area contributed by atoms with Crippen molar-refractivity contribution in [3.8, 4) is 189 Å².